The van der Waals surface area contributed by atoms with Crippen LogP contribution >= 0.6 is 11.3 Å². The molecule has 1 unspecified atom stereocenters. The maximum Gasteiger partial charge on any atom is 0.226 e. The van der Waals surface area contributed by atoms with Crippen molar-refractivity contribution in [3.8, 4) is 0 Å². The van der Waals surface area contributed by atoms with Gasteiger partial charge in [-0.15, -0.1) is 11.3 Å². The summed E-state index contributed by atoms with van der Waals surface area (Å²) >= 11 is 1.90. The lowest BCUT2D eigenvalue weighted by Crippen LogP contribution is -2.33. The second-order valence-electron chi connectivity index (χ2n) is 7.64. The number of aryl methyl sites for hydroxylation is 3. The lowest BCUT2D eigenvalue weighted by Gasteiger charge is -2.25. The Hall–Kier alpha value is -2.44. The van der Waals surface area contributed by atoms with Crippen molar-refractivity contribution in [3.05, 3.63) is 69.4 Å². The number of aromatic nitrogens is 2. The van der Waals surface area contributed by atoms with Gasteiger partial charge in [0.25, 0.3) is 0 Å². The molecule has 2 aromatic heterocycles. The lowest BCUT2D eigenvalue weighted by atomic mass is 9.94. The summed E-state index contributed by atoms with van der Waals surface area (Å²) in [5.74, 6) is 0.808. The molecule has 6 heteroatoms. The van der Waals surface area contributed by atoms with Gasteiger partial charge in [0.1, 0.15) is 11.2 Å². The molecule has 1 aliphatic carbocycles. The van der Waals surface area contributed by atoms with E-state index in [-0.39, 0.29) is 6.17 Å². The van der Waals surface area contributed by atoms with Gasteiger partial charge >= 0.3 is 0 Å². The smallest absolute Gasteiger partial charge is 0.226 e. The van der Waals surface area contributed by atoms with Gasteiger partial charge in [0.2, 0.25) is 5.96 Å². The first-order chi connectivity index (χ1) is 13.7. The Morgan fingerprint density at radius 2 is 2.00 bits per heavy atom. The monoisotopic (exact) mass is 391 g/mol. The number of fused-ring (bicyclic) bond motifs is 3. The largest absolute Gasteiger partial charge is 0.316 e. The van der Waals surface area contributed by atoms with Gasteiger partial charge in [0.05, 0.1) is 5.69 Å². The van der Waals surface area contributed by atoms with E-state index in [0.29, 0.717) is 0 Å². The number of anilines is 1. The Kier molecular flexibility index (Phi) is 4.53. The number of nitrogens with zero attached hydrogens (tertiary/aromatic N) is 3. The third-order valence-corrected chi connectivity index (χ3v) is 6.74. The topological polar surface area (TPSA) is 54.2 Å². The van der Waals surface area contributed by atoms with Gasteiger partial charge in [-0.1, -0.05) is 30.3 Å². The maximum absolute atomic E-state index is 5.06. The van der Waals surface area contributed by atoms with Gasteiger partial charge < -0.3 is 5.32 Å². The average molecular weight is 392 g/mol. The van der Waals surface area contributed by atoms with Crippen LogP contribution in [0, 0.1) is 13.8 Å². The van der Waals surface area contributed by atoms with Crippen molar-refractivity contribution in [1.29, 1.82) is 0 Å². The highest BCUT2D eigenvalue weighted by atomic mass is 32.1. The summed E-state index contributed by atoms with van der Waals surface area (Å²) in [6, 6.07) is 12.6. The molecule has 1 atom stereocenters. The molecule has 0 radical (unpaired) electrons. The molecule has 2 aliphatic rings. The third kappa shape index (κ3) is 3.16. The highest BCUT2D eigenvalue weighted by molar-refractivity contribution is 7.16. The normalized spacial score (nSPS) is 18.2. The summed E-state index contributed by atoms with van der Waals surface area (Å²) in [6.07, 6.45) is 4.87. The highest BCUT2D eigenvalue weighted by Crippen LogP contribution is 2.43. The lowest BCUT2D eigenvalue weighted by molar-refractivity contribution is 0.541. The minimum Gasteiger partial charge on any atom is -0.316 e. The Labute approximate surface area is 169 Å². The number of benzene rings is 1. The fraction of sp³-hybridized carbons (Fsp3) is 0.364. The van der Waals surface area contributed by atoms with Crippen LogP contribution in [-0.4, -0.2) is 15.7 Å². The molecule has 3 aromatic rings. The summed E-state index contributed by atoms with van der Waals surface area (Å²) in [7, 11) is 0. The SMILES string of the molecule is Cc1cc(C)n(C2=NC(NCc3ccccc3)c3c(sc4c3CCCC4)N2)n1. The summed E-state index contributed by atoms with van der Waals surface area (Å²) in [4.78, 5) is 6.59. The first-order valence-corrected chi connectivity index (χ1v) is 10.8. The molecular weight excluding hydrogens is 366 g/mol. The maximum atomic E-state index is 5.06. The van der Waals surface area contributed by atoms with Crippen molar-refractivity contribution in [2.45, 2.75) is 52.2 Å². The van der Waals surface area contributed by atoms with Gasteiger partial charge in [-0.05, 0) is 56.7 Å². The van der Waals surface area contributed by atoms with E-state index < -0.39 is 0 Å². The molecule has 2 N–H and O–H groups in total. The predicted octanol–water partition coefficient (Wildman–Crippen LogP) is 4.56. The van der Waals surface area contributed by atoms with Crippen LogP contribution in [0.4, 0.5) is 5.00 Å². The summed E-state index contributed by atoms with van der Waals surface area (Å²) < 4.78 is 1.92. The van der Waals surface area contributed by atoms with Crippen molar-refractivity contribution in [3.63, 3.8) is 0 Å². The number of nitrogens with one attached hydrogen (secondary N) is 2. The zero-order valence-corrected chi connectivity index (χ0v) is 17.1. The minimum absolute atomic E-state index is 0.0477. The molecule has 1 aromatic carbocycles. The van der Waals surface area contributed by atoms with Gasteiger partial charge in [-0.3, -0.25) is 5.32 Å². The van der Waals surface area contributed by atoms with Crippen LogP contribution in [0.2, 0.25) is 0 Å². The Balaban J connectivity index is 1.52. The van der Waals surface area contributed by atoms with E-state index in [0.717, 1.165) is 30.3 Å². The van der Waals surface area contributed by atoms with Crippen molar-refractivity contribution in [1.82, 2.24) is 15.1 Å². The zero-order valence-electron chi connectivity index (χ0n) is 16.3. The molecule has 0 saturated heterocycles. The quantitative estimate of drug-likeness (QED) is 0.688. The molecule has 28 heavy (non-hydrogen) atoms. The van der Waals surface area contributed by atoms with E-state index >= 15 is 0 Å². The molecule has 0 spiro atoms. The van der Waals surface area contributed by atoms with Gasteiger partial charge in [-0.2, -0.15) is 5.10 Å². The fourth-order valence-corrected chi connectivity index (χ4v) is 5.52. The number of rotatable bonds is 3. The van der Waals surface area contributed by atoms with Crippen LogP contribution in [0.15, 0.2) is 41.4 Å². The molecule has 3 heterocycles. The molecule has 5 rings (SSSR count). The molecule has 1 aliphatic heterocycles. The van der Waals surface area contributed by atoms with Crippen molar-refractivity contribution in [2.24, 2.45) is 4.99 Å². The van der Waals surface area contributed by atoms with Crippen LogP contribution in [0.5, 0.6) is 0 Å². The fourth-order valence-electron chi connectivity index (χ4n) is 4.20. The van der Waals surface area contributed by atoms with Crippen LogP contribution in [-0.2, 0) is 19.4 Å². The molecule has 0 fully saturated rings. The second kappa shape index (κ2) is 7.18. The number of hydrogen-bond donors (Lipinski definition) is 2. The van der Waals surface area contributed by atoms with E-state index in [9.17, 15) is 0 Å². The number of thiophene rings is 1. The molecular formula is C22H25N5S. The number of hydrogen-bond acceptors (Lipinski definition) is 5. The van der Waals surface area contributed by atoms with Crippen molar-refractivity contribution < 1.29 is 0 Å². The van der Waals surface area contributed by atoms with E-state index in [1.165, 1.54) is 45.8 Å². The molecule has 0 amide bonds. The average Bonchev–Trinajstić information content (AvgIpc) is 3.25. The van der Waals surface area contributed by atoms with Gasteiger partial charge in [0, 0.05) is 22.7 Å². The van der Waals surface area contributed by atoms with Crippen molar-refractivity contribution >= 4 is 22.3 Å². The van der Waals surface area contributed by atoms with E-state index in [2.05, 4.69) is 59.1 Å². The second-order valence-corrected chi connectivity index (χ2v) is 8.74. The van der Waals surface area contributed by atoms with Gasteiger partial charge in [0.15, 0.2) is 0 Å². The summed E-state index contributed by atoms with van der Waals surface area (Å²) in [6.45, 7) is 4.89. The first-order valence-electron chi connectivity index (χ1n) is 9.99. The summed E-state index contributed by atoms with van der Waals surface area (Å²) in [5, 5.41) is 13.1. The Bertz CT molecular complexity index is 1030. The van der Waals surface area contributed by atoms with Crippen LogP contribution < -0.4 is 10.6 Å². The van der Waals surface area contributed by atoms with E-state index in [1.807, 2.05) is 22.9 Å². The van der Waals surface area contributed by atoms with Crippen molar-refractivity contribution in [2.75, 3.05) is 5.32 Å². The van der Waals surface area contributed by atoms with Crippen LogP contribution in [0.1, 0.15) is 52.0 Å². The number of aliphatic imine (C=N–C) groups is 1. The Morgan fingerprint density at radius 3 is 2.79 bits per heavy atom. The zero-order chi connectivity index (χ0) is 19.1. The first kappa shape index (κ1) is 17.6. The predicted molar refractivity (Wildman–Crippen MR) is 115 cm³/mol. The third-order valence-electron chi connectivity index (χ3n) is 5.51. The van der Waals surface area contributed by atoms with Crippen LogP contribution in [0.25, 0.3) is 0 Å². The van der Waals surface area contributed by atoms with E-state index in [4.69, 9.17) is 4.99 Å². The van der Waals surface area contributed by atoms with E-state index in [1.54, 1.807) is 0 Å². The molecule has 0 saturated carbocycles. The minimum atomic E-state index is -0.0477. The molecule has 0 bridgehead atoms. The standard InChI is InChI=1S/C22H25N5S/c1-14-12-15(2)27(26-14)22-24-20(23-13-16-8-4-3-5-9-16)19-17-10-6-7-11-18(17)28-21(19)25-22/h3-5,8-9,12,20,23H,6-7,10-11,13H2,1-2H3,(H,24,25). The Morgan fingerprint density at radius 1 is 1.18 bits per heavy atom. The summed E-state index contributed by atoms with van der Waals surface area (Å²) in [5.41, 5.74) is 6.23. The van der Waals surface area contributed by atoms with Gasteiger partial charge in [-0.25, -0.2) is 9.67 Å². The highest BCUT2D eigenvalue weighted by Gasteiger charge is 2.31. The van der Waals surface area contributed by atoms with Crippen LogP contribution in [0.3, 0.4) is 0 Å². The molecule has 5 nitrogen and oxygen atoms in total. The molecule has 144 valence electrons.